The summed E-state index contributed by atoms with van der Waals surface area (Å²) in [7, 11) is 4.02. The summed E-state index contributed by atoms with van der Waals surface area (Å²) in [5, 5.41) is 2.17. The molecule has 3 nitrogen and oxygen atoms in total. The van der Waals surface area contributed by atoms with Gasteiger partial charge in [0.1, 0.15) is 5.38 Å². The van der Waals surface area contributed by atoms with Gasteiger partial charge >= 0.3 is 0 Å². The molecule has 0 saturated carbocycles. The Labute approximate surface area is 130 Å². The first-order chi connectivity index (χ1) is 10.1. The molecule has 0 aliphatic rings. The van der Waals surface area contributed by atoms with Crippen molar-refractivity contribution in [2.75, 3.05) is 19.4 Å². The molecule has 4 heteroatoms. The van der Waals surface area contributed by atoms with E-state index in [1.165, 1.54) is 0 Å². The predicted molar refractivity (Wildman–Crippen MR) is 87.5 cm³/mol. The standard InChI is InChI=1S/C17H19ClN2O/c1-20(2)12-13-7-6-10-15(11-13)19-17(21)16(18)14-8-4-3-5-9-14/h3-11,16H,12H2,1-2H3,(H,19,21). The van der Waals surface area contributed by atoms with Gasteiger partial charge in [-0.25, -0.2) is 0 Å². The second kappa shape index (κ2) is 7.25. The fourth-order valence-corrected chi connectivity index (χ4v) is 2.29. The first kappa shape index (κ1) is 15.5. The van der Waals surface area contributed by atoms with Crippen molar-refractivity contribution in [2.24, 2.45) is 0 Å². The molecule has 1 unspecified atom stereocenters. The summed E-state index contributed by atoms with van der Waals surface area (Å²) in [4.78, 5) is 14.3. The number of hydrogen-bond acceptors (Lipinski definition) is 2. The Balaban J connectivity index is 2.06. The zero-order valence-electron chi connectivity index (χ0n) is 12.2. The molecule has 1 N–H and O–H groups in total. The van der Waals surface area contributed by atoms with E-state index in [0.29, 0.717) is 0 Å². The van der Waals surface area contributed by atoms with Crippen molar-refractivity contribution < 1.29 is 4.79 Å². The fourth-order valence-electron chi connectivity index (χ4n) is 2.09. The monoisotopic (exact) mass is 302 g/mol. The van der Waals surface area contributed by atoms with Crippen molar-refractivity contribution in [3.05, 3.63) is 65.7 Å². The Morgan fingerprint density at radius 1 is 1.14 bits per heavy atom. The SMILES string of the molecule is CN(C)Cc1cccc(NC(=O)C(Cl)c2ccccc2)c1. The van der Waals surface area contributed by atoms with Gasteiger partial charge in [0.05, 0.1) is 0 Å². The largest absolute Gasteiger partial charge is 0.325 e. The van der Waals surface area contributed by atoms with Crippen molar-refractivity contribution in [2.45, 2.75) is 11.9 Å². The van der Waals surface area contributed by atoms with E-state index in [4.69, 9.17) is 11.6 Å². The molecular weight excluding hydrogens is 284 g/mol. The van der Waals surface area contributed by atoms with Crippen molar-refractivity contribution >= 4 is 23.2 Å². The molecule has 0 aliphatic heterocycles. The topological polar surface area (TPSA) is 32.3 Å². The zero-order valence-corrected chi connectivity index (χ0v) is 13.0. The van der Waals surface area contributed by atoms with Crippen molar-refractivity contribution in [3.8, 4) is 0 Å². The van der Waals surface area contributed by atoms with Crippen LogP contribution in [-0.4, -0.2) is 24.9 Å². The van der Waals surface area contributed by atoms with E-state index >= 15 is 0 Å². The van der Waals surface area contributed by atoms with Crippen LogP contribution in [0.5, 0.6) is 0 Å². The third-order valence-electron chi connectivity index (χ3n) is 3.02. The van der Waals surface area contributed by atoms with Crippen LogP contribution in [-0.2, 0) is 11.3 Å². The van der Waals surface area contributed by atoms with Crippen molar-refractivity contribution in [1.29, 1.82) is 0 Å². The third-order valence-corrected chi connectivity index (χ3v) is 3.47. The molecule has 2 aromatic rings. The molecule has 2 rings (SSSR count). The van der Waals surface area contributed by atoms with E-state index in [1.807, 2.05) is 68.7 Å². The first-order valence-corrected chi connectivity index (χ1v) is 7.23. The Morgan fingerprint density at radius 3 is 2.52 bits per heavy atom. The molecule has 1 amide bonds. The molecular formula is C17H19ClN2O. The van der Waals surface area contributed by atoms with Crippen molar-refractivity contribution in [1.82, 2.24) is 4.90 Å². The van der Waals surface area contributed by atoms with Gasteiger partial charge in [-0.2, -0.15) is 0 Å². The van der Waals surface area contributed by atoms with E-state index < -0.39 is 5.38 Å². The number of amides is 1. The number of alkyl halides is 1. The molecule has 2 aromatic carbocycles. The second-order valence-electron chi connectivity index (χ2n) is 5.20. The lowest BCUT2D eigenvalue weighted by molar-refractivity contribution is -0.116. The third kappa shape index (κ3) is 4.59. The number of nitrogens with one attached hydrogen (secondary N) is 1. The van der Waals surface area contributed by atoms with Crippen LogP contribution in [0.2, 0.25) is 0 Å². The summed E-state index contributed by atoms with van der Waals surface area (Å²) < 4.78 is 0. The minimum Gasteiger partial charge on any atom is -0.325 e. The number of anilines is 1. The number of rotatable bonds is 5. The van der Waals surface area contributed by atoms with Gasteiger partial charge in [-0.3, -0.25) is 4.79 Å². The lowest BCUT2D eigenvalue weighted by Gasteiger charge is -2.13. The Bertz CT molecular complexity index is 599. The van der Waals surface area contributed by atoms with E-state index in [2.05, 4.69) is 10.2 Å². The number of carbonyl (C=O) groups excluding carboxylic acids is 1. The van der Waals surface area contributed by atoms with Gasteiger partial charge < -0.3 is 10.2 Å². The lowest BCUT2D eigenvalue weighted by atomic mass is 10.1. The molecule has 0 aromatic heterocycles. The van der Waals surface area contributed by atoms with Crippen molar-refractivity contribution in [3.63, 3.8) is 0 Å². The normalized spacial score (nSPS) is 12.2. The highest BCUT2D eigenvalue weighted by atomic mass is 35.5. The van der Waals surface area contributed by atoms with Crippen LogP contribution in [0.3, 0.4) is 0 Å². The Morgan fingerprint density at radius 2 is 1.86 bits per heavy atom. The number of halogens is 1. The molecule has 110 valence electrons. The van der Waals surface area contributed by atoms with Crippen LogP contribution in [0.25, 0.3) is 0 Å². The Kier molecular flexibility index (Phi) is 5.37. The molecule has 21 heavy (non-hydrogen) atoms. The summed E-state index contributed by atoms with van der Waals surface area (Å²) >= 11 is 6.21. The first-order valence-electron chi connectivity index (χ1n) is 6.80. The van der Waals surface area contributed by atoms with Gasteiger partial charge in [0.2, 0.25) is 5.91 Å². The summed E-state index contributed by atoms with van der Waals surface area (Å²) in [5.74, 6) is -0.218. The minimum atomic E-state index is -0.691. The van der Waals surface area contributed by atoms with Crippen LogP contribution in [0.1, 0.15) is 16.5 Å². The van der Waals surface area contributed by atoms with Gasteiger partial charge in [0, 0.05) is 12.2 Å². The highest BCUT2D eigenvalue weighted by Gasteiger charge is 2.17. The molecule has 0 radical (unpaired) electrons. The van der Waals surface area contributed by atoms with E-state index in [0.717, 1.165) is 23.4 Å². The van der Waals surface area contributed by atoms with Crippen LogP contribution >= 0.6 is 11.6 Å². The number of nitrogens with zero attached hydrogens (tertiary/aromatic N) is 1. The lowest BCUT2D eigenvalue weighted by Crippen LogP contribution is -2.17. The second-order valence-corrected chi connectivity index (χ2v) is 5.64. The summed E-state index contributed by atoms with van der Waals surface area (Å²) in [6.07, 6.45) is 0. The maximum absolute atomic E-state index is 12.2. The van der Waals surface area contributed by atoms with Gasteiger partial charge in [-0.1, -0.05) is 42.5 Å². The van der Waals surface area contributed by atoms with Crippen LogP contribution < -0.4 is 5.32 Å². The van der Waals surface area contributed by atoms with Crippen LogP contribution in [0.4, 0.5) is 5.69 Å². The zero-order chi connectivity index (χ0) is 15.2. The minimum absolute atomic E-state index is 0.218. The maximum atomic E-state index is 12.2. The Hall–Kier alpha value is -1.84. The molecule has 1 atom stereocenters. The van der Waals surface area contributed by atoms with E-state index in [9.17, 15) is 4.79 Å². The molecule has 0 bridgehead atoms. The number of hydrogen-bond donors (Lipinski definition) is 1. The molecule has 0 heterocycles. The van der Waals surface area contributed by atoms with Crippen LogP contribution in [0, 0.1) is 0 Å². The molecule has 0 saturated heterocycles. The quantitative estimate of drug-likeness (QED) is 0.855. The summed E-state index contributed by atoms with van der Waals surface area (Å²) in [6.45, 7) is 0.826. The average molecular weight is 303 g/mol. The van der Waals surface area contributed by atoms with Crippen LogP contribution in [0.15, 0.2) is 54.6 Å². The highest BCUT2D eigenvalue weighted by Crippen LogP contribution is 2.22. The average Bonchev–Trinajstić information content (AvgIpc) is 2.47. The summed E-state index contributed by atoms with van der Waals surface area (Å²) in [5.41, 5.74) is 2.70. The van der Waals surface area contributed by atoms with Gasteiger partial charge in [-0.15, -0.1) is 11.6 Å². The van der Waals surface area contributed by atoms with Gasteiger partial charge in [-0.05, 0) is 37.4 Å². The predicted octanol–water partition coefficient (Wildman–Crippen LogP) is 3.67. The maximum Gasteiger partial charge on any atom is 0.246 e. The fraction of sp³-hybridized carbons (Fsp3) is 0.235. The molecule has 0 fully saturated rings. The smallest absolute Gasteiger partial charge is 0.246 e. The molecule has 0 spiro atoms. The highest BCUT2D eigenvalue weighted by molar-refractivity contribution is 6.32. The summed E-state index contributed by atoms with van der Waals surface area (Å²) in [6, 6.07) is 17.1. The van der Waals surface area contributed by atoms with E-state index in [1.54, 1.807) is 0 Å². The van der Waals surface area contributed by atoms with Gasteiger partial charge in [0.15, 0.2) is 0 Å². The molecule has 0 aliphatic carbocycles. The number of carbonyl (C=O) groups is 1. The van der Waals surface area contributed by atoms with Gasteiger partial charge in [0.25, 0.3) is 0 Å². The number of benzene rings is 2. The van der Waals surface area contributed by atoms with E-state index in [-0.39, 0.29) is 5.91 Å².